The van der Waals surface area contributed by atoms with Crippen molar-refractivity contribution in [1.29, 1.82) is 0 Å². The van der Waals surface area contributed by atoms with Gasteiger partial charge < -0.3 is 9.84 Å². The lowest BCUT2D eigenvalue weighted by Gasteiger charge is -2.42. The van der Waals surface area contributed by atoms with E-state index in [4.69, 9.17) is 16.3 Å². The van der Waals surface area contributed by atoms with Crippen LogP contribution in [-0.2, 0) is 9.53 Å². The van der Waals surface area contributed by atoms with Gasteiger partial charge >= 0.3 is 5.97 Å². The Bertz CT molecular complexity index is 964. The number of benzene rings is 1. The fourth-order valence-corrected chi connectivity index (χ4v) is 5.29. The topological polar surface area (TPSA) is 77.2 Å². The Morgan fingerprint density at radius 1 is 1.24 bits per heavy atom. The molecule has 1 aromatic carbocycles. The van der Waals surface area contributed by atoms with Crippen LogP contribution in [0.3, 0.4) is 0 Å². The third-order valence-electron chi connectivity index (χ3n) is 6.95. The quantitative estimate of drug-likeness (QED) is 0.458. The Labute approximate surface area is 208 Å². The molecular formula is C27H38ClN3O3. The summed E-state index contributed by atoms with van der Waals surface area (Å²) >= 11 is 6.09. The van der Waals surface area contributed by atoms with E-state index in [0.29, 0.717) is 22.8 Å². The van der Waals surface area contributed by atoms with Crippen molar-refractivity contribution < 1.29 is 14.6 Å². The van der Waals surface area contributed by atoms with Crippen LogP contribution in [0.4, 0.5) is 0 Å². The first-order valence-corrected chi connectivity index (χ1v) is 12.6. The van der Waals surface area contributed by atoms with Gasteiger partial charge in [-0.05, 0) is 59.8 Å². The molecule has 7 heteroatoms. The normalized spacial score (nSPS) is 23.6. The van der Waals surface area contributed by atoms with Gasteiger partial charge in [0.05, 0.1) is 11.8 Å². The van der Waals surface area contributed by atoms with Crippen molar-refractivity contribution in [2.24, 2.45) is 29.1 Å². The number of hydrogen-bond acceptors (Lipinski definition) is 4. The van der Waals surface area contributed by atoms with Crippen LogP contribution in [0, 0.1) is 29.1 Å². The maximum Gasteiger partial charge on any atom is 0.333 e. The van der Waals surface area contributed by atoms with Crippen LogP contribution in [0.5, 0.6) is 0 Å². The average Bonchev–Trinajstić information content (AvgIpc) is 3.27. The number of nitrogens with zero attached hydrogens (tertiary/aromatic N) is 3. The summed E-state index contributed by atoms with van der Waals surface area (Å²) in [6, 6.07) is 7.46. The molecule has 1 aromatic heterocycles. The number of ether oxygens (including phenoxy) is 1. The zero-order valence-electron chi connectivity index (χ0n) is 21.1. The van der Waals surface area contributed by atoms with Gasteiger partial charge in [0.15, 0.2) is 6.10 Å². The first kappa shape index (κ1) is 26.4. The van der Waals surface area contributed by atoms with Gasteiger partial charge in [-0.25, -0.2) is 14.5 Å². The van der Waals surface area contributed by atoms with Crippen LogP contribution in [0.15, 0.2) is 36.9 Å². The molecule has 0 spiro atoms. The Hall–Kier alpha value is -2.18. The van der Waals surface area contributed by atoms with E-state index in [0.717, 1.165) is 30.5 Å². The maximum atomic E-state index is 12.8. The molecule has 1 aliphatic rings. The third-order valence-corrected chi connectivity index (χ3v) is 7.20. The summed E-state index contributed by atoms with van der Waals surface area (Å²) in [6.45, 7) is 12.8. The minimum Gasteiger partial charge on any atom is -0.479 e. The average molecular weight is 488 g/mol. The Balaban J connectivity index is 2.08. The van der Waals surface area contributed by atoms with Gasteiger partial charge in [0.25, 0.3) is 0 Å². The molecule has 0 amide bonds. The molecule has 1 aliphatic carbocycles. The summed E-state index contributed by atoms with van der Waals surface area (Å²) in [5, 5.41) is 15.5. The van der Waals surface area contributed by atoms with Crippen LogP contribution in [-0.4, -0.2) is 38.0 Å². The number of carbonyl (C=O) groups is 1. The molecule has 0 saturated heterocycles. The zero-order chi connectivity index (χ0) is 25.0. The monoisotopic (exact) mass is 487 g/mol. The van der Waals surface area contributed by atoms with Gasteiger partial charge in [0.2, 0.25) is 0 Å². The first-order chi connectivity index (χ1) is 16.0. The largest absolute Gasteiger partial charge is 0.479 e. The van der Waals surface area contributed by atoms with Crippen LogP contribution < -0.4 is 0 Å². The van der Waals surface area contributed by atoms with Crippen molar-refractivity contribution in [1.82, 2.24) is 14.8 Å². The van der Waals surface area contributed by atoms with Gasteiger partial charge in [-0.3, -0.25) is 0 Å². The van der Waals surface area contributed by atoms with E-state index in [1.807, 2.05) is 51.1 Å². The van der Waals surface area contributed by atoms with E-state index < -0.39 is 23.4 Å². The number of hydrogen-bond donors (Lipinski definition) is 1. The van der Waals surface area contributed by atoms with E-state index in [-0.39, 0.29) is 6.10 Å². The molecule has 1 saturated carbocycles. The highest BCUT2D eigenvalue weighted by Crippen LogP contribution is 2.42. The summed E-state index contributed by atoms with van der Waals surface area (Å²) in [5.74, 6) is -0.148. The second-order valence-corrected chi connectivity index (χ2v) is 11.5. The van der Waals surface area contributed by atoms with Crippen molar-refractivity contribution >= 4 is 29.3 Å². The van der Waals surface area contributed by atoms with E-state index in [2.05, 4.69) is 30.9 Å². The second-order valence-electron chi connectivity index (χ2n) is 11.1. The Morgan fingerprint density at radius 3 is 2.44 bits per heavy atom. The van der Waals surface area contributed by atoms with Crippen molar-refractivity contribution in [2.45, 2.75) is 73.0 Å². The minimum atomic E-state index is -1.03. The van der Waals surface area contributed by atoms with Crippen molar-refractivity contribution in [3.63, 3.8) is 0 Å². The van der Waals surface area contributed by atoms with Crippen LogP contribution in [0.1, 0.15) is 66.4 Å². The number of halogens is 1. The molecule has 6 nitrogen and oxygen atoms in total. The molecule has 5 atom stereocenters. The summed E-state index contributed by atoms with van der Waals surface area (Å²) in [5.41, 5.74) is 1.20. The van der Waals surface area contributed by atoms with Gasteiger partial charge in [-0.2, -0.15) is 5.10 Å². The number of aromatic nitrogens is 3. The number of carboxylic acids is 1. The molecule has 5 unspecified atom stereocenters. The lowest BCUT2D eigenvalue weighted by Crippen LogP contribution is -2.46. The first-order valence-electron chi connectivity index (χ1n) is 12.2. The molecule has 34 heavy (non-hydrogen) atoms. The molecule has 1 N–H and O–H groups in total. The van der Waals surface area contributed by atoms with Crippen molar-refractivity contribution in [2.75, 3.05) is 0 Å². The highest BCUT2D eigenvalue weighted by Gasteiger charge is 2.44. The highest BCUT2D eigenvalue weighted by molar-refractivity contribution is 6.30. The van der Waals surface area contributed by atoms with E-state index in [1.165, 1.54) is 6.33 Å². The summed E-state index contributed by atoms with van der Waals surface area (Å²) < 4.78 is 8.26. The molecule has 2 aromatic rings. The fraction of sp³-hybridized carbons (Fsp3) is 0.593. The van der Waals surface area contributed by atoms with Gasteiger partial charge in [-0.15, -0.1) is 0 Å². The third kappa shape index (κ3) is 6.48. The molecule has 0 bridgehead atoms. The number of carboxylic acid groups (broad SMARTS) is 1. The standard InChI is InChI=1S/C27H38ClN3O3/c1-17(2)21-12-7-18(3)13-23(21)34-25(26(32)33)24(27(4,5)6)22(31-16-29-15-30-31)14-19-8-10-20(28)11-9-19/h8-11,14-18,21,23-25H,7,12-13H2,1-6H3,(H,32,33)/b22-14+. The summed E-state index contributed by atoms with van der Waals surface area (Å²) in [6.07, 6.45) is 7.01. The second kappa shape index (κ2) is 11.0. The Kier molecular flexibility index (Phi) is 8.58. The fourth-order valence-electron chi connectivity index (χ4n) is 5.16. The van der Waals surface area contributed by atoms with E-state index >= 15 is 0 Å². The number of aliphatic carboxylic acids is 1. The summed E-state index contributed by atoms with van der Waals surface area (Å²) in [4.78, 5) is 16.9. The molecule has 0 aliphatic heterocycles. The smallest absolute Gasteiger partial charge is 0.333 e. The SMILES string of the molecule is CC1CCC(C(C)C)C(OC(C(=O)O)C(/C(=C\c2ccc(Cl)cc2)n2cncn2)C(C)(C)C)C1. The minimum absolute atomic E-state index is 0.0952. The molecular weight excluding hydrogens is 450 g/mol. The van der Waals surface area contributed by atoms with Gasteiger partial charge in [-0.1, -0.05) is 71.7 Å². The van der Waals surface area contributed by atoms with Gasteiger partial charge in [0, 0.05) is 10.9 Å². The predicted octanol–water partition coefficient (Wildman–Crippen LogP) is 6.52. The molecule has 3 rings (SSSR count). The Morgan fingerprint density at radius 2 is 1.91 bits per heavy atom. The molecule has 1 heterocycles. The van der Waals surface area contributed by atoms with Crippen molar-refractivity contribution in [3.05, 3.63) is 47.5 Å². The molecule has 186 valence electrons. The lowest BCUT2D eigenvalue weighted by atomic mass is 9.73. The molecule has 0 radical (unpaired) electrons. The maximum absolute atomic E-state index is 12.8. The van der Waals surface area contributed by atoms with Crippen LogP contribution in [0.25, 0.3) is 11.8 Å². The predicted molar refractivity (Wildman–Crippen MR) is 136 cm³/mol. The summed E-state index contributed by atoms with van der Waals surface area (Å²) in [7, 11) is 0. The van der Waals surface area contributed by atoms with E-state index in [1.54, 1.807) is 11.0 Å². The zero-order valence-corrected chi connectivity index (χ0v) is 21.9. The van der Waals surface area contributed by atoms with Crippen molar-refractivity contribution in [3.8, 4) is 0 Å². The van der Waals surface area contributed by atoms with Gasteiger partial charge in [0.1, 0.15) is 12.7 Å². The lowest BCUT2D eigenvalue weighted by molar-refractivity contribution is -0.168. The highest BCUT2D eigenvalue weighted by atomic mass is 35.5. The van der Waals surface area contributed by atoms with Crippen LogP contribution in [0.2, 0.25) is 5.02 Å². The number of rotatable bonds is 8. The van der Waals surface area contributed by atoms with Crippen LogP contribution >= 0.6 is 11.6 Å². The molecule has 1 fully saturated rings. The van der Waals surface area contributed by atoms with E-state index in [9.17, 15) is 9.90 Å².